The van der Waals surface area contributed by atoms with Crippen LogP contribution in [0.3, 0.4) is 0 Å². The van der Waals surface area contributed by atoms with Gasteiger partial charge in [0.15, 0.2) is 5.11 Å². The van der Waals surface area contributed by atoms with Crippen LogP contribution in [-0.4, -0.2) is 37.9 Å². The van der Waals surface area contributed by atoms with Crippen molar-refractivity contribution in [1.29, 1.82) is 0 Å². The lowest BCUT2D eigenvalue weighted by Crippen LogP contribution is -2.42. The lowest BCUT2D eigenvalue weighted by atomic mass is 10.2. The number of para-hydroxylation sites is 1. The van der Waals surface area contributed by atoms with E-state index in [-0.39, 0.29) is 5.91 Å². The third-order valence-electron chi connectivity index (χ3n) is 3.59. The molecule has 0 saturated heterocycles. The van der Waals surface area contributed by atoms with Gasteiger partial charge in [0, 0.05) is 24.9 Å². The zero-order chi connectivity index (χ0) is 18.9. The average molecular weight is 437 g/mol. The van der Waals surface area contributed by atoms with Crippen LogP contribution in [-0.2, 0) is 4.74 Å². The summed E-state index contributed by atoms with van der Waals surface area (Å²) in [6.45, 7) is 3.57. The van der Waals surface area contributed by atoms with Crippen LogP contribution < -0.4 is 15.0 Å². The van der Waals surface area contributed by atoms with Gasteiger partial charge in [-0.05, 0) is 65.4 Å². The first kappa shape index (κ1) is 20.4. The summed E-state index contributed by atoms with van der Waals surface area (Å²) in [5.41, 5.74) is 1.42. The smallest absolute Gasteiger partial charge is 0.257 e. The number of nitrogens with zero attached hydrogens (tertiary/aromatic N) is 1. The summed E-state index contributed by atoms with van der Waals surface area (Å²) in [5, 5.41) is 3.14. The third kappa shape index (κ3) is 5.52. The fourth-order valence-electron chi connectivity index (χ4n) is 2.28. The Morgan fingerprint density at radius 1 is 1.19 bits per heavy atom. The first-order chi connectivity index (χ1) is 12.6. The standard InChI is InChI=1S/C19H21BrN2O3S/c1-3-22(15-7-5-4-6-8-15)19(26)21-18(23)14-9-10-17(16(20)13-14)25-12-11-24-2/h4-10,13H,3,11-12H2,1-2H3,(H,21,23,26). The zero-order valence-corrected chi connectivity index (χ0v) is 17.1. The summed E-state index contributed by atoms with van der Waals surface area (Å²) >= 11 is 8.83. The van der Waals surface area contributed by atoms with Crippen molar-refractivity contribution in [2.45, 2.75) is 6.92 Å². The highest BCUT2D eigenvalue weighted by Crippen LogP contribution is 2.26. The molecule has 0 radical (unpaired) electrons. The molecule has 26 heavy (non-hydrogen) atoms. The molecule has 0 fully saturated rings. The predicted molar refractivity (Wildman–Crippen MR) is 111 cm³/mol. The summed E-state index contributed by atoms with van der Waals surface area (Å²) < 4.78 is 11.2. The van der Waals surface area contributed by atoms with Crippen molar-refractivity contribution >= 4 is 44.9 Å². The van der Waals surface area contributed by atoms with E-state index in [1.165, 1.54) is 0 Å². The normalized spacial score (nSPS) is 10.3. The van der Waals surface area contributed by atoms with Crippen LogP contribution in [0.2, 0.25) is 0 Å². The first-order valence-electron chi connectivity index (χ1n) is 8.16. The van der Waals surface area contributed by atoms with Gasteiger partial charge in [-0.2, -0.15) is 0 Å². The second-order valence-corrected chi connectivity index (χ2v) is 6.57. The molecule has 138 valence electrons. The zero-order valence-electron chi connectivity index (χ0n) is 14.7. The van der Waals surface area contributed by atoms with Gasteiger partial charge in [-0.3, -0.25) is 10.1 Å². The molecule has 5 nitrogen and oxygen atoms in total. The molecule has 0 spiro atoms. The van der Waals surface area contributed by atoms with Crippen molar-refractivity contribution in [3.05, 3.63) is 58.6 Å². The van der Waals surface area contributed by atoms with Crippen LogP contribution in [0.5, 0.6) is 5.75 Å². The Bertz CT molecular complexity index is 756. The first-order valence-corrected chi connectivity index (χ1v) is 9.36. The highest BCUT2D eigenvalue weighted by Gasteiger charge is 2.15. The number of nitrogens with one attached hydrogen (secondary N) is 1. The van der Waals surface area contributed by atoms with Gasteiger partial charge in [-0.1, -0.05) is 18.2 Å². The van der Waals surface area contributed by atoms with Gasteiger partial charge < -0.3 is 14.4 Å². The summed E-state index contributed by atoms with van der Waals surface area (Å²) in [5.74, 6) is 0.383. The summed E-state index contributed by atoms with van der Waals surface area (Å²) in [6, 6.07) is 14.8. The molecular formula is C19H21BrN2O3S. The number of thiocarbonyl (C=S) groups is 1. The minimum Gasteiger partial charge on any atom is -0.490 e. The van der Waals surface area contributed by atoms with E-state index in [9.17, 15) is 4.79 Å². The van der Waals surface area contributed by atoms with Gasteiger partial charge in [0.1, 0.15) is 12.4 Å². The lowest BCUT2D eigenvalue weighted by molar-refractivity contribution is 0.0977. The maximum absolute atomic E-state index is 12.5. The van der Waals surface area contributed by atoms with Crippen LogP contribution in [0.4, 0.5) is 5.69 Å². The number of hydrogen-bond acceptors (Lipinski definition) is 4. The van der Waals surface area contributed by atoms with Gasteiger partial charge in [0.2, 0.25) is 0 Å². The molecule has 0 atom stereocenters. The molecule has 0 unspecified atom stereocenters. The van der Waals surface area contributed by atoms with Crippen LogP contribution >= 0.6 is 28.1 Å². The van der Waals surface area contributed by atoms with E-state index in [1.807, 2.05) is 42.2 Å². The van der Waals surface area contributed by atoms with Gasteiger partial charge in [0.25, 0.3) is 5.91 Å². The van der Waals surface area contributed by atoms with Crippen LogP contribution in [0, 0.1) is 0 Å². The van der Waals surface area contributed by atoms with Gasteiger partial charge in [-0.25, -0.2) is 0 Å². The molecule has 2 rings (SSSR count). The predicted octanol–water partition coefficient (Wildman–Crippen LogP) is 4.02. The van der Waals surface area contributed by atoms with Crippen molar-refractivity contribution in [3.8, 4) is 5.75 Å². The van der Waals surface area contributed by atoms with Crippen LogP contribution in [0.25, 0.3) is 0 Å². The monoisotopic (exact) mass is 436 g/mol. The van der Waals surface area contributed by atoms with Gasteiger partial charge >= 0.3 is 0 Å². The van der Waals surface area contributed by atoms with Gasteiger partial charge in [0.05, 0.1) is 11.1 Å². The molecule has 0 aliphatic heterocycles. The number of carbonyl (C=O) groups excluding carboxylic acids is 1. The molecule has 1 amide bonds. The number of halogens is 1. The number of anilines is 1. The van der Waals surface area contributed by atoms with Crippen molar-refractivity contribution in [1.82, 2.24) is 5.32 Å². The molecule has 2 aromatic rings. The molecule has 1 N–H and O–H groups in total. The second kappa shape index (κ2) is 10.3. The Labute approximate surface area is 167 Å². The number of hydrogen-bond donors (Lipinski definition) is 1. The molecular weight excluding hydrogens is 416 g/mol. The minimum atomic E-state index is -0.270. The Morgan fingerprint density at radius 3 is 2.54 bits per heavy atom. The maximum Gasteiger partial charge on any atom is 0.257 e. The van der Waals surface area contributed by atoms with E-state index >= 15 is 0 Å². The van der Waals surface area contributed by atoms with Crippen LogP contribution in [0.15, 0.2) is 53.0 Å². The Kier molecular flexibility index (Phi) is 8.03. The van der Waals surface area contributed by atoms with E-state index in [1.54, 1.807) is 25.3 Å². The fourth-order valence-corrected chi connectivity index (χ4v) is 3.10. The van der Waals surface area contributed by atoms with E-state index in [4.69, 9.17) is 21.7 Å². The maximum atomic E-state index is 12.5. The molecule has 0 bridgehead atoms. The van der Waals surface area contributed by atoms with Crippen molar-refractivity contribution in [2.75, 3.05) is 31.8 Å². The molecule has 0 aromatic heterocycles. The fraction of sp³-hybridized carbons (Fsp3) is 0.263. The number of amides is 1. The van der Waals surface area contributed by atoms with Gasteiger partial charge in [-0.15, -0.1) is 0 Å². The highest BCUT2D eigenvalue weighted by atomic mass is 79.9. The number of ether oxygens (including phenoxy) is 2. The van der Waals surface area contributed by atoms with Crippen LogP contribution in [0.1, 0.15) is 17.3 Å². The Morgan fingerprint density at radius 2 is 1.92 bits per heavy atom. The van der Waals surface area contributed by atoms with E-state index in [0.29, 0.717) is 40.7 Å². The SMILES string of the molecule is CCN(C(=S)NC(=O)c1ccc(OCCOC)c(Br)c1)c1ccccc1. The number of methoxy groups -OCH3 is 1. The quantitative estimate of drug-likeness (QED) is 0.524. The van der Waals surface area contributed by atoms with E-state index in [0.717, 1.165) is 5.69 Å². The summed E-state index contributed by atoms with van der Waals surface area (Å²) in [6.07, 6.45) is 0. The number of rotatable bonds is 7. The molecule has 7 heteroatoms. The van der Waals surface area contributed by atoms with Crippen molar-refractivity contribution < 1.29 is 14.3 Å². The van der Waals surface area contributed by atoms with E-state index in [2.05, 4.69) is 21.2 Å². The number of carbonyl (C=O) groups is 1. The summed E-state index contributed by atoms with van der Waals surface area (Å²) in [4.78, 5) is 14.4. The van der Waals surface area contributed by atoms with E-state index < -0.39 is 0 Å². The lowest BCUT2D eigenvalue weighted by Gasteiger charge is -2.23. The molecule has 0 aliphatic rings. The van der Waals surface area contributed by atoms with Crippen molar-refractivity contribution in [3.63, 3.8) is 0 Å². The topological polar surface area (TPSA) is 50.8 Å². The highest BCUT2D eigenvalue weighted by molar-refractivity contribution is 9.10. The third-order valence-corrected chi connectivity index (χ3v) is 4.53. The number of benzene rings is 2. The molecule has 0 heterocycles. The molecule has 0 aliphatic carbocycles. The summed E-state index contributed by atoms with van der Waals surface area (Å²) in [7, 11) is 1.61. The minimum absolute atomic E-state index is 0.270. The average Bonchev–Trinajstić information content (AvgIpc) is 2.64. The largest absolute Gasteiger partial charge is 0.490 e. The molecule has 0 saturated carbocycles. The Hall–Kier alpha value is -1.96. The Balaban J connectivity index is 2.04. The second-order valence-electron chi connectivity index (χ2n) is 5.33. The molecule has 2 aromatic carbocycles. The van der Waals surface area contributed by atoms with Crippen molar-refractivity contribution in [2.24, 2.45) is 0 Å².